The van der Waals surface area contributed by atoms with E-state index in [0.29, 0.717) is 5.92 Å². The molecule has 0 aromatic rings. The van der Waals surface area contributed by atoms with E-state index in [0.717, 1.165) is 4.99 Å². The smallest absolute Gasteiger partial charge is 0.192 e. The summed E-state index contributed by atoms with van der Waals surface area (Å²) in [6.07, 6.45) is 3.79. The molecule has 1 atom stereocenters. The number of hydrogen-bond acceptors (Lipinski definition) is 1. The highest BCUT2D eigenvalue weighted by Gasteiger charge is 2.35. The first kappa shape index (κ1) is 9.07. The summed E-state index contributed by atoms with van der Waals surface area (Å²) in [6.45, 7) is 4.46. The lowest BCUT2D eigenvalue weighted by Crippen LogP contribution is -2.32. The molecule has 1 aliphatic carbocycles. The zero-order valence-corrected chi connectivity index (χ0v) is 9.37. The number of hydrogen-bond donors (Lipinski definition) is 0. The maximum atomic E-state index is 5.42. The summed E-state index contributed by atoms with van der Waals surface area (Å²) in [4.78, 5) is 1.10. The monoisotopic (exact) mass is 194 g/mol. The van der Waals surface area contributed by atoms with Gasteiger partial charge in [-0.25, -0.2) is 0 Å². The Kier molecular flexibility index (Phi) is 2.11. The molecule has 0 N–H and O–H groups in total. The highest BCUT2D eigenvalue weighted by molar-refractivity contribution is 7.80. The summed E-state index contributed by atoms with van der Waals surface area (Å²) in [5.41, 5.74) is 4.58. The minimum Gasteiger partial charge on any atom is -0.192 e. The van der Waals surface area contributed by atoms with Crippen molar-refractivity contribution in [1.29, 1.82) is 0 Å². The van der Waals surface area contributed by atoms with Crippen LogP contribution in [0.4, 0.5) is 0 Å². The van der Waals surface area contributed by atoms with Gasteiger partial charge in [-0.05, 0) is 44.5 Å². The maximum Gasteiger partial charge on any atom is 0.254 e. The molecule has 0 saturated heterocycles. The van der Waals surface area contributed by atoms with Crippen LogP contribution in [0.15, 0.2) is 11.1 Å². The zero-order valence-electron chi connectivity index (χ0n) is 8.55. The summed E-state index contributed by atoms with van der Waals surface area (Å²) < 4.78 is 2.23. The summed E-state index contributed by atoms with van der Waals surface area (Å²) >= 11 is 5.42. The van der Waals surface area contributed by atoms with E-state index in [2.05, 4.69) is 25.5 Å². The van der Waals surface area contributed by atoms with E-state index in [1.165, 1.54) is 30.5 Å². The molecule has 1 saturated carbocycles. The lowest BCUT2D eigenvalue weighted by Gasteiger charge is -2.19. The van der Waals surface area contributed by atoms with Crippen molar-refractivity contribution in [2.45, 2.75) is 33.1 Å². The maximum absolute atomic E-state index is 5.42. The Labute approximate surface area is 85.2 Å². The lowest BCUT2D eigenvalue weighted by atomic mass is 9.92. The molecule has 0 aromatic carbocycles. The van der Waals surface area contributed by atoms with Crippen LogP contribution in [0.3, 0.4) is 0 Å². The highest BCUT2D eigenvalue weighted by Crippen LogP contribution is 2.32. The fourth-order valence-electron chi connectivity index (χ4n) is 2.39. The molecular weight excluding hydrogens is 178 g/mol. The first-order valence-electron chi connectivity index (χ1n) is 4.96. The molecule has 1 heterocycles. The van der Waals surface area contributed by atoms with E-state index >= 15 is 0 Å². The fourth-order valence-corrected chi connectivity index (χ4v) is 2.68. The van der Waals surface area contributed by atoms with Crippen LogP contribution < -0.4 is 0 Å². The Bertz CT molecular complexity index is 336. The van der Waals surface area contributed by atoms with E-state index in [4.69, 9.17) is 12.2 Å². The van der Waals surface area contributed by atoms with Crippen molar-refractivity contribution in [2.24, 2.45) is 5.92 Å². The van der Waals surface area contributed by atoms with Gasteiger partial charge in [-0.2, -0.15) is 4.58 Å². The van der Waals surface area contributed by atoms with Crippen LogP contribution in [0, 0.1) is 5.92 Å². The molecule has 1 unspecified atom stereocenters. The van der Waals surface area contributed by atoms with Gasteiger partial charge in [-0.1, -0.05) is 0 Å². The third-order valence-electron chi connectivity index (χ3n) is 3.42. The molecule has 1 fully saturated rings. The Morgan fingerprint density at radius 1 is 1.38 bits per heavy atom. The quantitative estimate of drug-likeness (QED) is 0.423. The third-order valence-corrected chi connectivity index (χ3v) is 4.05. The van der Waals surface area contributed by atoms with Crippen molar-refractivity contribution in [2.75, 3.05) is 7.05 Å². The predicted octanol–water partition coefficient (Wildman–Crippen LogP) is 2.55. The van der Waals surface area contributed by atoms with Crippen molar-refractivity contribution < 1.29 is 4.58 Å². The third kappa shape index (κ3) is 1.19. The van der Waals surface area contributed by atoms with Crippen LogP contribution in [-0.4, -0.2) is 22.3 Å². The molecule has 2 aliphatic rings. The van der Waals surface area contributed by atoms with Gasteiger partial charge >= 0.3 is 0 Å². The van der Waals surface area contributed by atoms with Crippen molar-refractivity contribution >= 4 is 22.9 Å². The molecule has 2 heteroatoms. The van der Waals surface area contributed by atoms with Crippen molar-refractivity contribution in [1.82, 2.24) is 0 Å². The van der Waals surface area contributed by atoms with Crippen molar-refractivity contribution in [3.63, 3.8) is 0 Å². The fraction of sp³-hybridized carbons (Fsp3) is 0.636. The molecule has 2 rings (SSSR count). The molecule has 0 bridgehead atoms. The van der Waals surface area contributed by atoms with Gasteiger partial charge in [0, 0.05) is 12.0 Å². The highest BCUT2D eigenvalue weighted by atomic mass is 32.1. The Hall–Kier alpha value is -0.500. The van der Waals surface area contributed by atoms with Gasteiger partial charge in [-0.15, -0.1) is 0 Å². The van der Waals surface area contributed by atoms with Crippen molar-refractivity contribution in [3.8, 4) is 0 Å². The van der Waals surface area contributed by atoms with Crippen LogP contribution in [0.5, 0.6) is 0 Å². The van der Waals surface area contributed by atoms with Gasteiger partial charge in [0.1, 0.15) is 7.05 Å². The van der Waals surface area contributed by atoms with Crippen LogP contribution in [-0.2, 0) is 0 Å². The molecule has 1 nitrogen and oxygen atoms in total. The molecule has 1 aliphatic heterocycles. The largest absolute Gasteiger partial charge is 0.254 e. The minimum atomic E-state index is 0.469. The van der Waals surface area contributed by atoms with Crippen LogP contribution in [0.2, 0.25) is 0 Å². The van der Waals surface area contributed by atoms with Crippen LogP contribution in [0.1, 0.15) is 33.1 Å². The Morgan fingerprint density at radius 3 is 2.77 bits per heavy atom. The second kappa shape index (κ2) is 3.02. The minimum absolute atomic E-state index is 0.469. The van der Waals surface area contributed by atoms with E-state index in [1.54, 1.807) is 5.57 Å². The summed E-state index contributed by atoms with van der Waals surface area (Å²) in [5.74, 6) is 0.469. The molecule has 70 valence electrons. The first-order valence-corrected chi connectivity index (χ1v) is 5.37. The standard InChI is InChI=1S/C11H16NS/c1-7-8(2)11(13)12(3)10-6-4-5-9(7)10/h8H,4-6H2,1-3H3/q+1. The van der Waals surface area contributed by atoms with Gasteiger partial charge in [0.05, 0.1) is 5.92 Å². The number of rotatable bonds is 0. The molecule has 0 radical (unpaired) electrons. The summed E-state index contributed by atoms with van der Waals surface area (Å²) in [7, 11) is 2.12. The second-order valence-electron chi connectivity index (χ2n) is 4.08. The molecule has 0 amide bonds. The van der Waals surface area contributed by atoms with E-state index < -0.39 is 0 Å². The zero-order chi connectivity index (χ0) is 9.59. The molecular formula is C11H16NS+. The van der Waals surface area contributed by atoms with Crippen molar-refractivity contribution in [3.05, 3.63) is 11.1 Å². The number of nitrogens with zero attached hydrogens (tertiary/aromatic N) is 1. The summed E-state index contributed by atoms with van der Waals surface area (Å²) in [5, 5.41) is 0. The van der Waals surface area contributed by atoms with Gasteiger partial charge in [-0.3, -0.25) is 0 Å². The van der Waals surface area contributed by atoms with Gasteiger partial charge in [0.25, 0.3) is 4.99 Å². The Balaban J connectivity index is 2.57. The topological polar surface area (TPSA) is 3.01 Å². The number of allylic oxidation sites excluding steroid dienone is 1. The number of fused-ring (bicyclic) bond motifs is 1. The summed E-state index contributed by atoms with van der Waals surface area (Å²) in [6, 6.07) is 0. The van der Waals surface area contributed by atoms with E-state index in [9.17, 15) is 0 Å². The first-order chi connectivity index (χ1) is 6.13. The number of thiocarbonyl (C=S) groups is 1. The lowest BCUT2D eigenvalue weighted by molar-refractivity contribution is -0.373. The molecule has 0 spiro atoms. The Morgan fingerprint density at radius 2 is 2.08 bits per heavy atom. The molecule has 13 heavy (non-hydrogen) atoms. The van der Waals surface area contributed by atoms with E-state index in [1.807, 2.05) is 0 Å². The van der Waals surface area contributed by atoms with Gasteiger partial charge in [0.15, 0.2) is 5.71 Å². The average molecular weight is 194 g/mol. The van der Waals surface area contributed by atoms with Gasteiger partial charge in [0.2, 0.25) is 0 Å². The predicted molar refractivity (Wildman–Crippen MR) is 59.5 cm³/mol. The second-order valence-corrected chi connectivity index (χ2v) is 4.50. The normalized spacial score (nSPS) is 28.5. The van der Waals surface area contributed by atoms with Gasteiger partial charge < -0.3 is 0 Å². The molecule has 0 aromatic heterocycles. The average Bonchev–Trinajstić information content (AvgIpc) is 2.59. The SMILES string of the molecule is CC1=C2CCCC2=[N+](C)C(=S)C1C. The van der Waals surface area contributed by atoms with Crippen LogP contribution >= 0.6 is 12.2 Å². The van der Waals surface area contributed by atoms with Crippen LogP contribution in [0.25, 0.3) is 0 Å². The van der Waals surface area contributed by atoms with E-state index in [-0.39, 0.29) is 0 Å².